The molecule has 0 saturated heterocycles. The van der Waals surface area contributed by atoms with Crippen molar-refractivity contribution in [2.45, 2.75) is 25.7 Å². The van der Waals surface area contributed by atoms with Crippen molar-refractivity contribution in [1.29, 1.82) is 0 Å². The van der Waals surface area contributed by atoms with Crippen LogP contribution in [0.2, 0.25) is 0 Å². The van der Waals surface area contributed by atoms with Crippen molar-refractivity contribution in [3.8, 4) is 0 Å². The van der Waals surface area contributed by atoms with E-state index >= 15 is 0 Å². The van der Waals surface area contributed by atoms with E-state index in [9.17, 15) is 8.42 Å². The molecule has 0 aliphatic heterocycles. The molecule has 0 aromatic heterocycles. The van der Waals surface area contributed by atoms with Gasteiger partial charge in [0.25, 0.3) is 10.0 Å². The van der Waals surface area contributed by atoms with Crippen molar-refractivity contribution < 1.29 is 13.2 Å². The maximum atomic E-state index is 11.8. The van der Waals surface area contributed by atoms with E-state index in [1.165, 1.54) is 19.1 Å². The van der Waals surface area contributed by atoms with Gasteiger partial charge in [-0.05, 0) is 26.0 Å². The molecular weight excluding hydrogens is 226 g/mol. The van der Waals surface area contributed by atoms with E-state index in [0.29, 0.717) is 6.61 Å². The maximum absolute atomic E-state index is 11.8. The molecule has 0 radical (unpaired) electrons. The summed E-state index contributed by atoms with van der Waals surface area (Å²) in [6.07, 6.45) is 0. The van der Waals surface area contributed by atoms with E-state index < -0.39 is 10.0 Å². The Morgan fingerprint density at radius 3 is 2.38 bits per heavy atom. The van der Waals surface area contributed by atoms with Crippen LogP contribution in [0.4, 0.5) is 0 Å². The average molecular weight is 241 g/mol. The van der Waals surface area contributed by atoms with E-state index in [1.807, 2.05) is 6.92 Å². The standard InChI is InChI=1S/C11H15NO3S/c1-4-15-10(3)12-16(13,14)11-7-5-9(2)6-8-11/h5-8H,4H2,1-3H3. The summed E-state index contributed by atoms with van der Waals surface area (Å²) in [5.41, 5.74) is 1.00. The van der Waals surface area contributed by atoms with E-state index in [4.69, 9.17) is 4.74 Å². The molecule has 1 aromatic rings. The summed E-state index contributed by atoms with van der Waals surface area (Å²) in [5, 5.41) is 0. The largest absolute Gasteiger partial charge is 0.481 e. The van der Waals surface area contributed by atoms with Gasteiger partial charge in [0.2, 0.25) is 0 Å². The number of hydrogen-bond acceptors (Lipinski definition) is 3. The van der Waals surface area contributed by atoms with E-state index in [-0.39, 0.29) is 10.8 Å². The van der Waals surface area contributed by atoms with Crippen LogP contribution in [-0.4, -0.2) is 20.9 Å². The Bertz CT molecular complexity index is 474. The Hall–Kier alpha value is -1.36. The second-order valence-electron chi connectivity index (χ2n) is 3.33. The summed E-state index contributed by atoms with van der Waals surface area (Å²) >= 11 is 0. The van der Waals surface area contributed by atoms with Crippen LogP contribution in [0.15, 0.2) is 33.6 Å². The SMILES string of the molecule is CCOC(C)=NS(=O)(=O)c1ccc(C)cc1. The minimum atomic E-state index is -3.64. The van der Waals surface area contributed by atoms with Crippen molar-refractivity contribution in [2.75, 3.05) is 6.61 Å². The van der Waals surface area contributed by atoms with Gasteiger partial charge < -0.3 is 4.74 Å². The van der Waals surface area contributed by atoms with Gasteiger partial charge in [0.05, 0.1) is 11.5 Å². The van der Waals surface area contributed by atoms with Gasteiger partial charge in [-0.1, -0.05) is 17.7 Å². The van der Waals surface area contributed by atoms with Gasteiger partial charge in [-0.3, -0.25) is 0 Å². The van der Waals surface area contributed by atoms with Crippen LogP contribution in [0.3, 0.4) is 0 Å². The summed E-state index contributed by atoms with van der Waals surface area (Å²) in [6, 6.07) is 6.54. The van der Waals surface area contributed by atoms with Crippen molar-refractivity contribution in [2.24, 2.45) is 4.40 Å². The second kappa shape index (κ2) is 5.12. The van der Waals surface area contributed by atoms with Gasteiger partial charge in [0, 0.05) is 6.92 Å². The molecule has 0 aliphatic carbocycles. The monoisotopic (exact) mass is 241 g/mol. The Labute approximate surface area is 96.0 Å². The van der Waals surface area contributed by atoms with Gasteiger partial charge in [0.1, 0.15) is 0 Å². The van der Waals surface area contributed by atoms with E-state index in [1.54, 1.807) is 19.1 Å². The van der Waals surface area contributed by atoms with Crippen LogP contribution < -0.4 is 0 Å². The van der Waals surface area contributed by atoms with E-state index in [0.717, 1.165) is 5.56 Å². The molecular formula is C11H15NO3S. The number of nitrogens with zero attached hydrogens (tertiary/aromatic N) is 1. The lowest BCUT2D eigenvalue weighted by Gasteiger charge is -2.03. The maximum Gasteiger partial charge on any atom is 0.285 e. The molecule has 0 saturated carbocycles. The highest BCUT2D eigenvalue weighted by atomic mass is 32.2. The molecule has 0 spiro atoms. The fourth-order valence-corrected chi connectivity index (χ4v) is 2.14. The lowest BCUT2D eigenvalue weighted by molar-refractivity contribution is 0.325. The predicted octanol–water partition coefficient (Wildman–Crippen LogP) is 2.14. The highest BCUT2D eigenvalue weighted by Crippen LogP contribution is 2.13. The summed E-state index contributed by atoms with van der Waals surface area (Å²) in [4.78, 5) is 0.178. The first-order valence-corrected chi connectivity index (χ1v) is 6.40. The van der Waals surface area contributed by atoms with Crippen LogP contribution in [-0.2, 0) is 14.8 Å². The number of hydrogen-bond donors (Lipinski definition) is 0. The van der Waals surface area contributed by atoms with Gasteiger partial charge in [-0.15, -0.1) is 4.40 Å². The zero-order valence-corrected chi connectivity index (χ0v) is 10.4. The van der Waals surface area contributed by atoms with Crippen LogP contribution in [0.25, 0.3) is 0 Å². The van der Waals surface area contributed by atoms with Crippen molar-refractivity contribution in [1.82, 2.24) is 0 Å². The molecule has 4 nitrogen and oxygen atoms in total. The summed E-state index contributed by atoms with van der Waals surface area (Å²) in [6.45, 7) is 5.59. The third-order valence-corrected chi connectivity index (χ3v) is 3.29. The average Bonchev–Trinajstić information content (AvgIpc) is 2.17. The van der Waals surface area contributed by atoms with Crippen LogP contribution in [0, 0.1) is 6.92 Å². The Morgan fingerprint density at radius 1 is 1.31 bits per heavy atom. The Kier molecular flexibility index (Phi) is 4.06. The first-order chi connectivity index (χ1) is 7.45. The molecule has 0 bridgehead atoms. The number of benzene rings is 1. The number of sulfonamides is 1. The topological polar surface area (TPSA) is 55.7 Å². The zero-order chi connectivity index (χ0) is 12.2. The Balaban J connectivity index is 3.03. The van der Waals surface area contributed by atoms with Crippen molar-refractivity contribution in [3.63, 3.8) is 0 Å². The molecule has 0 atom stereocenters. The number of ether oxygens (including phenoxy) is 1. The third kappa shape index (κ3) is 3.34. The van der Waals surface area contributed by atoms with Gasteiger partial charge >= 0.3 is 0 Å². The lowest BCUT2D eigenvalue weighted by Crippen LogP contribution is -2.05. The number of rotatable bonds is 3. The van der Waals surface area contributed by atoms with Crippen LogP contribution in [0.1, 0.15) is 19.4 Å². The molecule has 0 N–H and O–H groups in total. The molecule has 0 unspecified atom stereocenters. The molecule has 5 heteroatoms. The normalized spacial score (nSPS) is 12.6. The van der Waals surface area contributed by atoms with Gasteiger partial charge in [-0.25, -0.2) is 0 Å². The van der Waals surface area contributed by atoms with Crippen LogP contribution in [0.5, 0.6) is 0 Å². The van der Waals surface area contributed by atoms with Crippen LogP contribution >= 0.6 is 0 Å². The Morgan fingerprint density at radius 2 is 1.88 bits per heavy atom. The molecule has 0 aliphatic rings. The summed E-state index contributed by atoms with van der Waals surface area (Å²) in [5.74, 6) is 0.156. The fourth-order valence-electron chi connectivity index (χ4n) is 1.17. The molecule has 1 rings (SSSR count). The highest BCUT2D eigenvalue weighted by Gasteiger charge is 2.12. The van der Waals surface area contributed by atoms with E-state index in [2.05, 4.69) is 4.40 Å². The zero-order valence-electron chi connectivity index (χ0n) is 9.60. The third-order valence-electron chi connectivity index (χ3n) is 1.92. The minimum absolute atomic E-state index is 0.156. The molecule has 1 aromatic carbocycles. The molecule has 16 heavy (non-hydrogen) atoms. The molecule has 0 fully saturated rings. The lowest BCUT2D eigenvalue weighted by atomic mass is 10.2. The summed E-state index contributed by atoms with van der Waals surface area (Å²) < 4.78 is 32.1. The van der Waals surface area contributed by atoms with Gasteiger partial charge in [-0.2, -0.15) is 8.42 Å². The molecule has 0 heterocycles. The molecule has 0 amide bonds. The number of aryl methyl sites for hydroxylation is 1. The second-order valence-corrected chi connectivity index (χ2v) is 4.94. The first kappa shape index (κ1) is 12.7. The summed E-state index contributed by atoms with van der Waals surface area (Å²) in [7, 11) is -3.64. The minimum Gasteiger partial charge on any atom is -0.481 e. The van der Waals surface area contributed by atoms with Gasteiger partial charge in [0.15, 0.2) is 5.90 Å². The smallest absolute Gasteiger partial charge is 0.285 e. The molecule has 88 valence electrons. The van der Waals surface area contributed by atoms with Crippen molar-refractivity contribution in [3.05, 3.63) is 29.8 Å². The van der Waals surface area contributed by atoms with Crippen molar-refractivity contribution >= 4 is 15.9 Å². The fraction of sp³-hybridized carbons (Fsp3) is 0.364. The predicted molar refractivity (Wildman–Crippen MR) is 63.1 cm³/mol. The first-order valence-electron chi connectivity index (χ1n) is 4.96. The quantitative estimate of drug-likeness (QED) is 0.601. The highest BCUT2D eigenvalue weighted by molar-refractivity contribution is 7.90.